The molecule has 0 amide bonds. The Morgan fingerprint density at radius 2 is 2.42 bits per heavy atom. The van der Waals surface area contributed by atoms with Crippen molar-refractivity contribution in [2.75, 3.05) is 6.61 Å². The lowest BCUT2D eigenvalue weighted by Gasteiger charge is -1.98. The number of halogens is 1. The van der Waals surface area contributed by atoms with Crippen molar-refractivity contribution in [3.8, 4) is 0 Å². The smallest absolute Gasteiger partial charge is 0.0809 e. The Morgan fingerprint density at radius 1 is 1.58 bits per heavy atom. The van der Waals surface area contributed by atoms with Gasteiger partial charge in [-0.1, -0.05) is 0 Å². The summed E-state index contributed by atoms with van der Waals surface area (Å²) in [4.78, 5) is 1.31. The van der Waals surface area contributed by atoms with E-state index < -0.39 is 0 Å². The van der Waals surface area contributed by atoms with Crippen LogP contribution in [0.4, 0.5) is 0 Å². The van der Waals surface area contributed by atoms with Crippen molar-refractivity contribution in [1.29, 1.82) is 0 Å². The molecule has 1 saturated carbocycles. The Labute approximate surface area is 84.9 Å². The Kier molecular flexibility index (Phi) is 2.84. The maximum atomic E-state index is 5.55. The minimum Gasteiger partial charge on any atom is -0.376 e. The van der Waals surface area contributed by atoms with Crippen LogP contribution in [0.25, 0.3) is 0 Å². The second kappa shape index (κ2) is 3.90. The third kappa shape index (κ3) is 2.57. The molecule has 1 aromatic heterocycles. The molecule has 0 atom stereocenters. The van der Waals surface area contributed by atoms with Crippen molar-refractivity contribution in [1.82, 2.24) is 0 Å². The highest BCUT2D eigenvalue weighted by molar-refractivity contribution is 9.10. The van der Waals surface area contributed by atoms with E-state index in [1.807, 2.05) is 0 Å². The van der Waals surface area contributed by atoms with E-state index >= 15 is 0 Å². The van der Waals surface area contributed by atoms with Crippen LogP contribution < -0.4 is 0 Å². The molecule has 1 aliphatic rings. The van der Waals surface area contributed by atoms with E-state index in [0.717, 1.165) is 23.6 Å². The van der Waals surface area contributed by atoms with Gasteiger partial charge in [-0.2, -0.15) is 0 Å². The number of hydrogen-bond acceptors (Lipinski definition) is 2. The molecule has 0 aromatic carbocycles. The molecule has 1 aliphatic carbocycles. The lowest BCUT2D eigenvalue weighted by Crippen LogP contribution is -1.94. The first-order chi connectivity index (χ1) is 5.84. The molecule has 2 rings (SSSR count). The topological polar surface area (TPSA) is 9.23 Å². The molecular weight excluding hydrogens is 236 g/mol. The van der Waals surface area contributed by atoms with E-state index in [1.54, 1.807) is 11.3 Å². The normalized spacial score (nSPS) is 16.8. The van der Waals surface area contributed by atoms with Crippen LogP contribution in [-0.4, -0.2) is 6.61 Å². The van der Waals surface area contributed by atoms with Gasteiger partial charge >= 0.3 is 0 Å². The molecular formula is C9H11BrOS. The maximum absolute atomic E-state index is 5.55. The lowest BCUT2D eigenvalue weighted by molar-refractivity contribution is 0.113. The number of hydrogen-bond donors (Lipinski definition) is 0. The molecule has 1 nitrogen and oxygen atoms in total. The van der Waals surface area contributed by atoms with Crippen LogP contribution in [0.5, 0.6) is 0 Å². The van der Waals surface area contributed by atoms with Gasteiger partial charge in [0.25, 0.3) is 0 Å². The van der Waals surface area contributed by atoms with Crippen molar-refractivity contribution >= 4 is 27.3 Å². The number of rotatable bonds is 4. The van der Waals surface area contributed by atoms with Gasteiger partial charge in [-0.05, 0) is 40.8 Å². The first-order valence-corrected chi connectivity index (χ1v) is 5.82. The molecule has 0 N–H and O–H groups in total. The quantitative estimate of drug-likeness (QED) is 0.791. The first kappa shape index (κ1) is 8.73. The molecule has 0 unspecified atom stereocenters. The third-order valence-electron chi connectivity index (χ3n) is 1.92. The fraction of sp³-hybridized carbons (Fsp3) is 0.556. The summed E-state index contributed by atoms with van der Waals surface area (Å²) in [6, 6.07) is 2.12. The summed E-state index contributed by atoms with van der Waals surface area (Å²) in [5.41, 5.74) is 0. The summed E-state index contributed by atoms with van der Waals surface area (Å²) in [5.74, 6) is 0.869. The van der Waals surface area contributed by atoms with Crippen molar-refractivity contribution < 1.29 is 4.74 Å². The highest BCUT2D eigenvalue weighted by Gasteiger charge is 2.21. The summed E-state index contributed by atoms with van der Waals surface area (Å²) in [7, 11) is 0. The molecule has 12 heavy (non-hydrogen) atoms. The van der Waals surface area contributed by atoms with Gasteiger partial charge in [0.05, 0.1) is 6.61 Å². The average Bonchev–Trinajstić information content (AvgIpc) is 2.76. The van der Waals surface area contributed by atoms with Gasteiger partial charge in [0.15, 0.2) is 0 Å². The van der Waals surface area contributed by atoms with Crippen molar-refractivity contribution in [3.63, 3.8) is 0 Å². The zero-order valence-corrected chi connectivity index (χ0v) is 9.16. The van der Waals surface area contributed by atoms with E-state index in [-0.39, 0.29) is 0 Å². The number of thiophene rings is 1. The number of ether oxygens (including phenoxy) is 1. The Balaban J connectivity index is 1.71. The summed E-state index contributed by atoms with van der Waals surface area (Å²) in [5, 5.41) is 2.09. The second-order valence-corrected chi connectivity index (χ2v) is 5.10. The summed E-state index contributed by atoms with van der Waals surface area (Å²) in [6.45, 7) is 1.74. The maximum Gasteiger partial charge on any atom is 0.0809 e. The van der Waals surface area contributed by atoms with E-state index in [2.05, 4.69) is 27.4 Å². The molecule has 1 fully saturated rings. The van der Waals surface area contributed by atoms with E-state index in [1.165, 1.54) is 17.7 Å². The fourth-order valence-corrected chi connectivity index (χ4v) is 2.43. The van der Waals surface area contributed by atoms with Gasteiger partial charge in [0, 0.05) is 21.3 Å². The van der Waals surface area contributed by atoms with E-state index in [0.29, 0.717) is 0 Å². The van der Waals surface area contributed by atoms with Crippen LogP contribution in [-0.2, 0) is 11.3 Å². The third-order valence-corrected chi connectivity index (χ3v) is 3.59. The van der Waals surface area contributed by atoms with Crippen LogP contribution in [0.2, 0.25) is 0 Å². The summed E-state index contributed by atoms with van der Waals surface area (Å²) >= 11 is 5.17. The van der Waals surface area contributed by atoms with Gasteiger partial charge < -0.3 is 4.74 Å². The molecule has 0 radical (unpaired) electrons. The van der Waals surface area contributed by atoms with E-state index in [4.69, 9.17) is 4.74 Å². The SMILES string of the molecule is Brc1csc(COCC2CC2)c1. The highest BCUT2D eigenvalue weighted by Crippen LogP contribution is 2.29. The zero-order chi connectivity index (χ0) is 8.39. The van der Waals surface area contributed by atoms with Crippen LogP contribution in [0.3, 0.4) is 0 Å². The van der Waals surface area contributed by atoms with Crippen LogP contribution >= 0.6 is 27.3 Å². The van der Waals surface area contributed by atoms with Gasteiger partial charge in [-0.25, -0.2) is 0 Å². The molecule has 3 heteroatoms. The standard InChI is InChI=1S/C9H11BrOS/c10-8-3-9(12-6-8)5-11-4-7-1-2-7/h3,6-7H,1-2,4-5H2. The zero-order valence-electron chi connectivity index (χ0n) is 6.75. The predicted molar refractivity (Wildman–Crippen MR) is 54.4 cm³/mol. The highest BCUT2D eigenvalue weighted by atomic mass is 79.9. The van der Waals surface area contributed by atoms with Crippen LogP contribution in [0.15, 0.2) is 15.9 Å². The predicted octanol–water partition coefficient (Wildman–Crippen LogP) is 3.44. The molecule has 0 saturated heterocycles. The Morgan fingerprint density at radius 3 is 3.00 bits per heavy atom. The molecule has 66 valence electrons. The molecule has 1 aromatic rings. The minimum atomic E-state index is 0.784. The summed E-state index contributed by atoms with van der Waals surface area (Å²) < 4.78 is 6.71. The average molecular weight is 247 g/mol. The Hall–Kier alpha value is 0.140. The minimum absolute atomic E-state index is 0.784. The summed E-state index contributed by atoms with van der Waals surface area (Å²) in [6.07, 6.45) is 2.74. The Bertz CT molecular complexity index is 255. The van der Waals surface area contributed by atoms with Gasteiger partial charge in [0.1, 0.15) is 0 Å². The largest absolute Gasteiger partial charge is 0.376 e. The molecule has 0 bridgehead atoms. The van der Waals surface area contributed by atoms with Gasteiger partial charge in [-0.15, -0.1) is 11.3 Å². The van der Waals surface area contributed by atoms with Crippen molar-refractivity contribution in [2.45, 2.75) is 19.4 Å². The molecule has 0 spiro atoms. The van der Waals surface area contributed by atoms with Crippen molar-refractivity contribution in [2.24, 2.45) is 5.92 Å². The van der Waals surface area contributed by atoms with Gasteiger partial charge in [-0.3, -0.25) is 0 Å². The first-order valence-electron chi connectivity index (χ1n) is 4.15. The molecule has 1 heterocycles. The van der Waals surface area contributed by atoms with E-state index in [9.17, 15) is 0 Å². The lowest BCUT2D eigenvalue weighted by atomic mass is 10.4. The second-order valence-electron chi connectivity index (χ2n) is 3.19. The van der Waals surface area contributed by atoms with Crippen LogP contribution in [0, 0.1) is 5.92 Å². The fourth-order valence-electron chi connectivity index (χ4n) is 1.04. The van der Waals surface area contributed by atoms with Crippen LogP contribution in [0.1, 0.15) is 17.7 Å². The van der Waals surface area contributed by atoms with Gasteiger partial charge in [0.2, 0.25) is 0 Å². The molecule has 0 aliphatic heterocycles. The monoisotopic (exact) mass is 246 g/mol. The van der Waals surface area contributed by atoms with Crippen molar-refractivity contribution in [3.05, 3.63) is 20.8 Å².